The second kappa shape index (κ2) is 8.37. The van der Waals surface area contributed by atoms with E-state index in [9.17, 15) is 18.0 Å². The van der Waals surface area contributed by atoms with Crippen molar-refractivity contribution in [2.75, 3.05) is 18.1 Å². The zero-order valence-electron chi connectivity index (χ0n) is 18.2. The summed E-state index contributed by atoms with van der Waals surface area (Å²) in [5, 5.41) is 7.50. The molecule has 9 heteroatoms. The standard InChI is InChI=1S/C24H25F3N4O2/c1-14-23(32)30-29-22-13-33-21-12-19(24(25,26)27)18(11-20(21)31(14)22)16-7-8-28-17(10-16)9-15-5-3-2-4-6-15/h2-6,11-12,14,16-17,28H,7-10,13H2,1H3,(H,30,32). The van der Waals surface area contributed by atoms with E-state index in [0.29, 0.717) is 30.9 Å². The van der Waals surface area contributed by atoms with Gasteiger partial charge < -0.3 is 15.0 Å². The van der Waals surface area contributed by atoms with Gasteiger partial charge in [0.25, 0.3) is 5.91 Å². The first-order chi connectivity index (χ1) is 15.8. The Balaban J connectivity index is 1.52. The van der Waals surface area contributed by atoms with Crippen molar-refractivity contribution in [1.82, 2.24) is 10.7 Å². The van der Waals surface area contributed by atoms with Gasteiger partial charge in [0.05, 0.1) is 11.3 Å². The lowest BCUT2D eigenvalue weighted by Crippen LogP contribution is -2.55. The average molecular weight is 458 g/mol. The molecule has 174 valence electrons. The Morgan fingerprint density at radius 1 is 1.21 bits per heavy atom. The van der Waals surface area contributed by atoms with Crippen LogP contribution < -0.4 is 20.4 Å². The minimum absolute atomic E-state index is 0.000756. The highest BCUT2D eigenvalue weighted by molar-refractivity contribution is 6.09. The molecular weight excluding hydrogens is 433 g/mol. The van der Waals surface area contributed by atoms with Crippen molar-refractivity contribution in [3.63, 3.8) is 0 Å². The van der Waals surface area contributed by atoms with Gasteiger partial charge in [0.2, 0.25) is 0 Å². The van der Waals surface area contributed by atoms with Crippen LogP contribution in [0, 0.1) is 0 Å². The minimum atomic E-state index is -4.51. The number of anilines is 1. The van der Waals surface area contributed by atoms with Gasteiger partial charge in [-0.3, -0.25) is 4.79 Å². The second-order valence-corrected chi connectivity index (χ2v) is 8.81. The fourth-order valence-electron chi connectivity index (χ4n) is 5.01. The molecule has 0 aromatic heterocycles. The first-order valence-corrected chi connectivity index (χ1v) is 11.1. The molecule has 1 fully saturated rings. The molecule has 1 saturated heterocycles. The fourth-order valence-corrected chi connectivity index (χ4v) is 5.01. The number of nitrogens with zero attached hydrogens (tertiary/aromatic N) is 2. The number of carbonyl (C=O) groups excluding carboxylic acids is 1. The molecule has 2 aromatic carbocycles. The van der Waals surface area contributed by atoms with E-state index in [1.54, 1.807) is 17.9 Å². The predicted octanol–water partition coefficient (Wildman–Crippen LogP) is 3.81. The fraction of sp³-hybridized carbons (Fsp3) is 0.417. The summed E-state index contributed by atoms with van der Waals surface area (Å²) in [6, 6.07) is 12.1. The van der Waals surface area contributed by atoms with Gasteiger partial charge >= 0.3 is 6.18 Å². The number of amides is 1. The van der Waals surface area contributed by atoms with Crippen LogP contribution in [0.1, 0.15) is 42.4 Å². The quantitative estimate of drug-likeness (QED) is 0.734. The van der Waals surface area contributed by atoms with Crippen LogP contribution in [-0.4, -0.2) is 37.0 Å². The summed E-state index contributed by atoms with van der Waals surface area (Å²) in [7, 11) is 0. The molecule has 5 rings (SSSR count). The highest BCUT2D eigenvalue weighted by Crippen LogP contribution is 2.46. The van der Waals surface area contributed by atoms with Crippen LogP contribution in [-0.2, 0) is 17.4 Å². The SMILES string of the molecule is CC1C(=O)NN=C2COc3cc(C(F)(F)F)c(C4CCNC(Cc5ccccc5)C4)cc3N21. The number of rotatable bonds is 3. The number of piperidine rings is 1. The number of amidine groups is 1. The number of hydrazone groups is 1. The monoisotopic (exact) mass is 458 g/mol. The third kappa shape index (κ3) is 4.17. The molecule has 2 aromatic rings. The highest BCUT2D eigenvalue weighted by atomic mass is 19.4. The molecule has 1 amide bonds. The minimum Gasteiger partial charge on any atom is -0.483 e. The van der Waals surface area contributed by atoms with Crippen molar-refractivity contribution >= 4 is 17.4 Å². The Bertz CT molecular complexity index is 1090. The number of fused-ring (bicyclic) bond motifs is 3. The molecule has 0 spiro atoms. The number of ether oxygens (including phenoxy) is 1. The van der Waals surface area contributed by atoms with Crippen molar-refractivity contribution in [3.05, 3.63) is 59.2 Å². The van der Waals surface area contributed by atoms with E-state index < -0.39 is 17.8 Å². The van der Waals surface area contributed by atoms with Crippen LogP contribution in [0.25, 0.3) is 0 Å². The van der Waals surface area contributed by atoms with E-state index in [1.165, 1.54) is 0 Å². The summed E-state index contributed by atoms with van der Waals surface area (Å²) in [6.45, 7) is 2.35. The molecule has 2 N–H and O–H groups in total. The van der Waals surface area contributed by atoms with Gasteiger partial charge in [-0.15, -0.1) is 0 Å². The van der Waals surface area contributed by atoms with Crippen molar-refractivity contribution in [3.8, 4) is 5.75 Å². The van der Waals surface area contributed by atoms with Crippen LogP contribution >= 0.6 is 0 Å². The number of nitrogens with one attached hydrogen (secondary N) is 2. The van der Waals surface area contributed by atoms with Gasteiger partial charge in [-0.05, 0) is 61.9 Å². The van der Waals surface area contributed by atoms with Gasteiger partial charge in [-0.25, -0.2) is 5.43 Å². The third-order valence-electron chi connectivity index (χ3n) is 6.65. The normalized spacial score (nSPS) is 24.8. The maximum Gasteiger partial charge on any atom is 0.416 e. The van der Waals surface area contributed by atoms with Crippen molar-refractivity contribution in [1.29, 1.82) is 0 Å². The molecule has 3 aliphatic heterocycles. The Kier molecular flexibility index (Phi) is 5.52. The molecule has 33 heavy (non-hydrogen) atoms. The number of alkyl halides is 3. The topological polar surface area (TPSA) is 66.0 Å². The average Bonchev–Trinajstić information content (AvgIpc) is 2.80. The smallest absolute Gasteiger partial charge is 0.416 e. The Morgan fingerprint density at radius 2 is 2.00 bits per heavy atom. The molecule has 3 atom stereocenters. The van der Waals surface area contributed by atoms with Gasteiger partial charge in [0, 0.05) is 6.04 Å². The number of carbonyl (C=O) groups is 1. The third-order valence-corrected chi connectivity index (χ3v) is 6.65. The van der Waals surface area contributed by atoms with Gasteiger partial charge in [-0.1, -0.05) is 30.3 Å². The van der Waals surface area contributed by atoms with E-state index in [2.05, 4.69) is 15.8 Å². The van der Waals surface area contributed by atoms with Crippen molar-refractivity contribution in [2.24, 2.45) is 5.10 Å². The van der Waals surface area contributed by atoms with E-state index in [-0.39, 0.29) is 35.8 Å². The van der Waals surface area contributed by atoms with E-state index >= 15 is 0 Å². The molecular formula is C24H25F3N4O2. The van der Waals surface area contributed by atoms with Gasteiger partial charge in [0.15, 0.2) is 5.84 Å². The molecule has 3 heterocycles. The lowest BCUT2D eigenvalue weighted by atomic mass is 9.81. The molecule has 3 unspecified atom stereocenters. The molecule has 0 saturated carbocycles. The van der Waals surface area contributed by atoms with Gasteiger partial charge in [0.1, 0.15) is 18.4 Å². The predicted molar refractivity (Wildman–Crippen MR) is 118 cm³/mol. The number of halogens is 3. The van der Waals surface area contributed by atoms with Crippen LogP contribution in [0.4, 0.5) is 18.9 Å². The summed E-state index contributed by atoms with van der Waals surface area (Å²) in [5.41, 5.74) is 3.65. The lowest BCUT2D eigenvalue weighted by molar-refractivity contribution is -0.138. The second-order valence-electron chi connectivity index (χ2n) is 8.81. The Hall–Kier alpha value is -3.07. The van der Waals surface area contributed by atoms with Crippen LogP contribution in [0.3, 0.4) is 0 Å². The molecule has 0 radical (unpaired) electrons. The van der Waals surface area contributed by atoms with Crippen LogP contribution in [0.5, 0.6) is 5.75 Å². The first kappa shape index (κ1) is 21.8. The number of hydrogen-bond donors (Lipinski definition) is 2. The summed E-state index contributed by atoms with van der Waals surface area (Å²) in [5.74, 6) is 0.0323. The van der Waals surface area contributed by atoms with Crippen molar-refractivity contribution < 1.29 is 22.7 Å². The zero-order chi connectivity index (χ0) is 23.2. The van der Waals surface area contributed by atoms with E-state index in [1.807, 2.05) is 30.3 Å². The van der Waals surface area contributed by atoms with Crippen molar-refractivity contribution in [2.45, 2.75) is 50.4 Å². The maximum atomic E-state index is 14.1. The summed E-state index contributed by atoms with van der Waals surface area (Å²) in [4.78, 5) is 13.9. The molecule has 0 aliphatic carbocycles. The number of benzene rings is 2. The van der Waals surface area contributed by atoms with Crippen LogP contribution in [0.15, 0.2) is 47.6 Å². The molecule has 6 nitrogen and oxygen atoms in total. The number of hydrogen-bond acceptors (Lipinski definition) is 5. The first-order valence-electron chi connectivity index (χ1n) is 11.1. The highest BCUT2D eigenvalue weighted by Gasteiger charge is 2.41. The largest absolute Gasteiger partial charge is 0.483 e. The molecule has 3 aliphatic rings. The van der Waals surface area contributed by atoms with Crippen LogP contribution in [0.2, 0.25) is 0 Å². The summed E-state index contributed by atoms with van der Waals surface area (Å²) < 4.78 is 48.0. The lowest BCUT2D eigenvalue weighted by Gasteiger charge is -2.39. The summed E-state index contributed by atoms with van der Waals surface area (Å²) in [6.07, 6.45) is -2.56. The maximum absolute atomic E-state index is 14.1. The van der Waals surface area contributed by atoms with E-state index in [0.717, 1.165) is 18.1 Å². The summed E-state index contributed by atoms with van der Waals surface area (Å²) >= 11 is 0. The Morgan fingerprint density at radius 3 is 2.76 bits per heavy atom. The van der Waals surface area contributed by atoms with Gasteiger partial charge in [-0.2, -0.15) is 18.3 Å². The molecule has 0 bridgehead atoms. The van der Waals surface area contributed by atoms with E-state index in [4.69, 9.17) is 4.74 Å². The Labute approximate surface area is 189 Å². The zero-order valence-corrected chi connectivity index (χ0v) is 18.2.